The summed E-state index contributed by atoms with van der Waals surface area (Å²) in [5.74, 6) is -1.15. The average Bonchev–Trinajstić information content (AvgIpc) is 2.43. The molecular weight excluding hydrogens is 317 g/mol. The normalized spacial score (nSPS) is 11.4. The number of amides is 1. The SMILES string of the molecule is CCN(CC(=O)NC)S(=O)(=O)c1ccc(F)c(C(N)=S)c1. The third-order valence-electron chi connectivity index (χ3n) is 2.79. The number of carbonyl (C=O) groups excluding carboxylic acids is 1. The maximum absolute atomic E-state index is 13.5. The lowest BCUT2D eigenvalue weighted by Gasteiger charge is -2.20. The minimum atomic E-state index is -3.94. The molecule has 0 saturated heterocycles. The van der Waals surface area contributed by atoms with Crippen LogP contribution in [-0.4, -0.2) is 43.8 Å². The van der Waals surface area contributed by atoms with E-state index in [1.54, 1.807) is 6.92 Å². The first kappa shape index (κ1) is 17.5. The molecule has 9 heteroatoms. The molecule has 0 fully saturated rings. The molecule has 1 amide bonds. The molecule has 0 spiro atoms. The van der Waals surface area contributed by atoms with E-state index in [-0.39, 0.29) is 28.5 Å². The summed E-state index contributed by atoms with van der Waals surface area (Å²) >= 11 is 4.68. The lowest BCUT2D eigenvalue weighted by molar-refractivity contribution is -0.120. The number of carbonyl (C=O) groups is 1. The predicted molar refractivity (Wildman–Crippen MR) is 80.8 cm³/mol. The Morgan fingerprint density at radius 2 is 2.10 bits per heavy atom. The van der Waals surface area contributed by atoms with Crippen LogP contribution in [0, 0.1) is 5.82 Å². The molecule has 0 aromatic heterocycles. The van der Waals surface area contributed by atoms with Crippen molar-refractivity contribution in [3.05, 3.63) is 29.6 Å². The van der Waals surface area contributed by atoms with E-state index in [2.05, 4.69) is 17.5 Å². The number of halogens is 1. The van der Waals surface area contributed by atoms with Crippen molar-refractivity contribution in [1.82, 2.24) is 9.62 Å². The maximum Gasteiger partial charge on any atom is 0.243 e. The van der Waals surface area contributed by atoms with Crippen LogP contribution in [0.5, 0.6) is 0 Å². The standard InChI is InChI=1S/C12H16FN3O3S2/c1-3-16(7-11(17)15-2)21(18,19)8-4-5-10(13)9(6-8)12(14)20/h4-6H,3,7H2,1-2H3,(H2,14,20)(H,15,17). The quantitative estimate of drug-likeness (QED) is 0.727. The fourth-order valence-corrected chi connectivity index (χ4v) is 3.20. The summed E-state index contributed by atoms with van der Waals surface area (Å²) < 4.78 is 39.4. The molecule has 3 N–H and O–H groups in total. The van der Waals surface area contributed by atoms with Crippen LogP contribution in [0.4, 0.5) is 4.39 Å². The van der Waals surface area contributed by atoms with Crippen molar-refractivity contribution < 1.29 is 17.6 Å². The number of likely N-dealkylation sites (N-methyl/N-ethyl adjacent to an activating group) is 2. The van der Waals surface area contributed by atoms with Gasteiger partial charge in [-0.2, -0.15) is 4.31 Å². The molecule has 0 saturated carbocycles. The van der Waals surface area contributed by atoms with Crippen LogP contribution in [0.1, 0.15) is 12.5 Å². The Hall–Kier alpha value is -1.58. The molecule has 116 valence electrons. The van der Waals surface area contributed by atoms with Gasteiger partial charge in [0.15, 0.2) is 0 Å². The van der Waals surface area contributed by atoms with Gasteiger partial charge in [0.25, 0.3) is 0 Å². The summed E-state index contributed by atoms with van der Waals surface area (Å²) in [7, 11) is -2.53. The van der Waals surface area contributed by atoms with Crippen LogP contribution in [0.3, 0.4) is 0 Å². The van der Waals surface area contributed by atoms with Gasteiger partial charge in [-0.3, -0.25) is 4.79 Å². The largest absolute Gasteiger partial charge is 0.389 e. The van der Waals surface area contributed by atoms with Crippen LogP contribution in [0.25, 0.3) is 0 Å². The molecule has 0 aliphatic heterocycles. The molecule has 1 aromatic carbocycles. The maximum atomic E-state index is 13.5. The number of sulfonamides is 1. The van der Waals surface area contributed by atoms with E-state index in [4.69, 9.17) is 5.73 Å². The highest BCUT2D eigenvalue weighted by Gasteiger charge is 2.26. The van der Waals surface area contributed by atoms with Gasteiger partial charge in [-0.25, -0.2) is 12.8 Å². The van der Waals surface area contributed by atoms with E-state index in [9.17, 15) is 17.6 Å². The van der Waals surface area contributed by atoms with Gasteiger partial charge in [0, 0.05) is 19.2 Å². The number of nitrogens with zero attached hydrogens (tertiary/aromatic N) is 1. The van der Waals surface area contributed by atoms with Crippen LogP contribution in [0.2, 0.25) is 0 Å². The van der Waals surface area contributed by atoms with Crippen LogP contribution < -0.4 is 11.1 Å². The summed E-state index contributed by atoms with van der Waals surface area (Å²) in [5.41, 5.74) is 5.21. The first-order chi connectivity index (χ1) is 9.73. The van der Waals surface area contributed by atoms with Crippen LogP contribution in [-0.2, 0) is 14.8 Å². The number of nitrogens with one attached hydrogen (secondary N) is 1. The molecule has 0 aliphatic rings. The third-order valence-corrected chi connectivity index (χ3v) is 4.93. The molecule has 0 aliphatic carbocycles. The Morgan fingerprint density at radius 3 is 2.57 bits per heavy atom. The van der Waals surface area contributed by atoms with E-state index in [1.807, 2.05) is 0 Å². The third kappa shape index (κ3) is 3.96. The molecule has 1 rings (SSSR count). The number of thiocarbonyl (C=S) groups is 1. The van der Waals surface area contributed by atoms with Gasteiger partial charge < -0.3 is 11.1 Å². The van der Waals surface area contributed by atoms with E-state index in [0.29, 0.717) is 0 Å². The molecule has 0 radical (unpaired) electrons. The van der Waals surface area contributed by atoms with Crippen molar-refractivity contribution in [2.24, 2.45) is 5.73 Å². The van der Waals surface area contributed by atoms with Crippen LogP contribution in [0.15, 0.2) is 23.1 Å². The van der Waals surface area contributed by atoms with Crippen LogP contribution >= 0.6 is 12.2 Å². The van der Waals surface area contributed by atoms with Crippen molar-refractivity contribution in [1.29, 1.82) is 0 Å². The zero-order valence-corrected chi connectivity index (χ0v) is 13.2. The van der Waals surface area contributed by atoms with Crippen molar-refractivity contribution in [3.63, 3.8) is 0 Å². The Kier molecular flexibility index (Phi) is 5.76. The van der Waals surface area contributed by atoms with Gasteiger partial charge in [0.2, 0.25) is 15.9 Å². The second kappa shape index (κ2) is 6.92. The first-order valence-electron chi connectivity index (χ1n) is 6.04. The zero-order valence-electron chi connectivity index (χ0n) is 11.6. The zero-order chi connectivity index (χ0) is 16.2. The summed E-state index contributed by atoms with van der Waals surface area (Å²) in [6, 6.07) is 3.16. The highest BCUT2D eigenvalue weighted by molar-refractivity contribution is 7.89. The summed E-state index contributed by atoms with van der Waals surface area (Å²) in [6.45, 7) is 1.36. The highest BCUT2D eigenvalue weighted by Crippen LogP contribution is 2.19. The second-order valence-corrected chi connectivity index (χ2v) is 6.49. The molecule has 0 atom stereocenters. The van der Waals surface area contributed by atoms with E-state index < -0.39 is 21.7 Å². The molecule has 21 heavy (non-hydrogen) atoms. The minimum Gasteiger partial charge on any atom is -0.389 e. The summed E-state index contributed by atoms with van der Waals surface area (Å²) in [4.78, 5) is 11.0. The number of benzene rings is 1. The molecular formula is C12H16FN3O3S2. The summed E-state index contributed by atoms with van der Waals surface area (Å²) in [5, 5.41) is 2.35. The molecule has 0 unspecified atom stereocenters. The second-order valence-electron chi connectivity index (χ2n) is 4.11. The molecule has 6 nitrogen and oxygen atoms in total. The number of rotatable bonds is 6. The number of nitrogens with two attached hydrogens (primary N) is 1. The fourth-order valence-electron chi connectivity index (χ4n) is 1.61. The van der Waals surface area contributed by atoms with Gasteiger partial charge >= 0.3 is 0 Å². The van der Waals surface area contributed by atoms with Gasteiger partial charge in [-0.15, -0.1) is 0 Å². The summed E-state index contributed by atoms with van der Waals surface area (Å²) in [6.07, 6.45) is 0. The topological polar surface area (TPSA) is 92.5 Å². The minimum absolute atomic E-state index is 0.0928. The van der Waals surface area contributed by atoms with Crippen molar-refractivity contribution in [3.8, 4) is 0 Å². The lowest BCUT2D eigenvalue weighted by Crippen LogP contribution is -2.39. The smallest absolute Gasteiger partial charge is 0.243 e. The van der Waals surface area contributed by atoms with Gasteiger partial charge in [0.05, 0.1) is 11.4 Å². The predicted octanol–water partition coefficient (Wildman–Crippen LogP) is 0.217. The van der Waals surface area contributed by atoms with Gasteiger partial charge in [0.1, 0.15) is 10.8 Å². The number of hydrogen-bond donors (Lipinski definition) is 2. The highest BCUT2D eigenvalue weighted by atomic mass is 32.2. The van der Waals surface area contributed by atoms with E-state index in [0.717, 1.165) is 22.5 Å². The Bertz CT molecular complexity index is 662. The Balaban J connectivity index is 3.26. The van der Waals surface area contributed by atoms with Gasteiger partial charge in [-0.1, -0.05) is 19.1 Å². The van der Waals surface area contributed by atoms with Crippen molar-refractivity contribution in [2.75, 3.05) is 20.1 Å². The number of hydrogen-bond acceptors (Lipinski definition) is 4. The molecule has 0 bridgehead atoms. The molecule has 0 heterocycles. The fraction of sp³-hybridized carbons (Fsp3) is 0.333. The monoisotopic (exact) mass is 333 g/mol. The van der Waals surface area contributed by atoms with Crippen molar-refractivity contribution >= 4 is 33.1 Å². The average molecular weight is 333 g/mol. The molecule has 1 aromatic rings. The van der Waals surface area contributed by atoms with E-state index >= 15 is 0 Å². The Morgan fingerprint density at radius 1 is 1.48 bits per heavy atom. The first-order valence-corrected chi connectivity index (χ1v) is 7.89. The van der Waals surface area contributed by atoms with Crippen molar-refractivity contribution in [2.45, 2.75) is 11.8 Å². The lowest BCUT2D eigenvalue weighted by atomic mass is 10.2. The van der Waals surface area contributed by atoms with E-state index in [1.165, 1.54) is 7.05 Å². The van der Waals surface area contributed by atoms with Gasteiger partial charge in [-0.05, 0) is 18.2 Å². The Labute approximate surface area is 128 Å².